The van der Waals surface area contributed by atoms with Gasteiger partial charge in [-0.1, -0.05) is 0 Å². The quantitative estimate of drug-likeness (QED) is 0.412. The Morgan fingerprint density at radius 1 is 1.38 bits per heavy atom. The molecule has 1 aliphatic heterocycles. The number of halogens is 2. The van der Waals surface area contributed by atoms with E-state index in [0.717, 1.165) is 19.4 Å². The van der Waals surface area contributed by atoms with Crippen molar-refractivity contribution in [2.45, 2.75) is 18.9 Å². The summed E-state index contributed by atoms with van der Waals surface area (Å²) in [7, 11) is 0. The number of nitrogens with two attached hydrogens (primary N) is 2. The van der Waals surface area contributed by atoms with Gasteiger partial charge < -0.3 is 16.8 Å². The fourth-order valence-electron chi connectivity index (χ4n) is 1.10. The molecular weight excluding hydrogens is 215 g/mol. The third-order valence-electron chi connectivity index (χ3n) is 1.60. The van der Waals surface area contributed by atoms with Gasteiger partial charge in [0.15, 0.2) is 5.96 Å². The standard InChI is InChI=1S/C6H12N4O.2ClH/c7-6(8)10-5(11)4-2-1-3-9-4;;/h4,9H,1-3H2,(H4,7,8,10,11);2*1H/t4-;;/m0../s1. The van der Waals surface area contributed by atoms with Crippen LogP contribution in [0.25, 0.3) is 0 Å². The Hall–Kier alpha value is -0.520. The van der Waals surface area contributed by atoms with Gasteiger partial charge in [-0.05, 0) is 19.4 Å². The molecule has 1 rings (SSSR count). The number of hydrogen-bond acceptors (Lipinski definition) is 2. The smallest absolute Gasteiger partial charge is 0.265 e. The van der Waals surface area contributed by atoms with Gasteiger partial charge in [0.1, 0.15) is 0 Å². The Bertz CT molecular complexity index is 187. The summed E-state index contributed by atoms with van der Waals surface area (Å²) < 4.78 is 0. The highest BCUT2D eigenvalue weighted by Gasteiger charge is 2.21. The van der Waals surface area contributed by atoms with Gasteiger partial charge in [-0.25, -0.2) is 0 Å². The minimum atomic E-state index is -0.262. The molecule has 1 aliphatic rings. The van der Waals surface area contributed by atoms with E-state index in [1.807, 2.05) is 0 Å². The highest BCUT2D eigenvalue weighted by Crippen LogP contribution is 2.05. The van der Waals surface area contributed by atoms with Crippen molar-refractivity contribution in [2.24, 2.45) is 16.5 Å². The molecular formula is C6H14Cl2N4O. The molecule has 0 aromatic rings. The lowest BCUT2D eigenvalue weighted by molar-refractivity contribution is -0.119. The van der Waals surface area contributed by atoms with Crippen molar-refractivity contribution in [3.8, 4) is 0 Å². The summed E-state index contributed by atoms with van der Waals surface area (Å²) in [5.74, 6) is -0.425. The van der Waals surface area contributed by atoms with Crippen LogP contribution in [0.1, 0.15) is 12.8 Å². The van der Waals surface area contributed by atoms with Crippen molar-refractivity contribution in [2.75, 3.05) is 6.54 Å². The van der Waals surface area contributed by atoms with Crippen molar-refractivity contribution in [3.63, 3.8) is 0 Å². The lowest BCUT2D eigenvalue weighted by Gasteiger charge is -2.03. The van der Waals surface area contributed by atoms with E-state index in [1.165, 1.54) is 0 Å². The Labute approximate surface area is 89.2 Å². The zero-order chi connectivity index (χ0) is 8.27. The average molecular weight is 229 g/mol. The van der Waals surface area contributed by atoms with E-state index in [9.17, 15) is 4.79 Å². The number of nitrogens with zero attached hydrogens (tertiary/aromatic N) is 1. The van der Waals surface area contributed by atoms with Crippen LogP contribution in [0.5, 0.6) is 0 Å². The third kappa shape index (κ3) is 4.92. The third-order valence-corrected chi connectivity index (χ3v) is 1.60. The second-order valence-electron chi connectivity index (χ2n) is 2.52. The highest BCUT2D eigenvalue weighted by atomic mass is 35.5. The van der Waals surface area contributed by atoms with Crippen molar-refractivity contribution < 1.29 is 4.79 Å². The molecule has 13 heavy (non-hydrogen) atoms. The maximum absolute atomic E-state index is 11.0. The van der Waals surface area contributed by atoms with Crippen LogP contribution in [0.3, 0.4) is 0 Å². The zero-order valence-electron chi connectivity index (χ0n) is 7.03. The summed E-state index contributed by atoms with van der Waals surface area (Å²) in [6.07, 6.45) is 1.84. The molecule has 0 aliphatic carbocycles. The molecule has 1 heterocycles. The topological polar surface area (TPSA) is 93.5 Å². The van der Waals surface area contributed by atoms with E-state index >= 15 is 0 Å². The number of guanidine groups is 1. The second-order valence-corrected chi connectivity index (χ2v) is 2.52. The molecule has 0 unspecified atom stereocenters. The first kappa shape index (κ1) is 15.0. The molecule has 0 saturated carbocycles. The van der Waals surface area contributed by atoms with E-state index in [0.29, 0.717) is 0 Å². The van der Waals surface area contributed by atoms with Gasteiger partial charge in [0.2, 0.25) is 0 Å². The van der Waals surface area contributed by atoms with Gasteiger partial charge in [-0.15, -0.1) is 24.8 Å². The van der Waals surface area contributed by atoms with Crippen molar-refractivity contribution in [1.82, 2.24) is 5.32 Å². The van der Waals surface area contributed by atoms with Crippen LogP contribution in [0.15, 0.2) is 4.99 Å². The number of carbonyl (C=O) groups excluding carboxylic acids is 1. The second kappa shape index (κ2) is 6.94. The van der Waals surface area contributed by atoms with Crippen molar-refractivity contribution in [1.29, 1.82) is 0 Å². The zero-order valence-corrected chi connectivity index (χ0v) is 8.66. The van der Waals surface area contributed by atoms with E-state index in [4.69, 9.17) is 11.5 Å². The van der Waals surface area contributed by atoms with E-state index < -0.39 is 0 Å². The molecule has 78 valence electrons. The number of hydrogen-bond donors (Lipinski definition) is 3. The summed E-state index contributed by atoms with van der Waals surface area (Å²) in [6.45, 7) is 0.871. The number of carbonyl (C=O) groups is 1. The van der Waals surface area contributed by atoms with Crippen molar-refractivity contribution in [3.05, 3.63) is 0 Å². The maximum atomic E-state index is 11.0. The number of nitrogens with one attached hydrogen (secondary N) is 1. The molecule has 5 N–H and O–H groups in total. The minimum Gasteiger partial charge on any atom is -0.370 e. The Morgan fingerprint density at radius 2 is 2.00 bits per heavy atom. The molecule has 0 bridgehead atoms. The monoisotopic (exact) mass is 228 g/mol. The summed E-state index contributed by atoms with van der Waals surface area (Å²) >= 11 is 0. The van der Waals surface area contributed by atoms with Crippen LogP contribution >= 0.6 is 24.8 Å². The van der Waals surface area contributed by atoms with Crippen LogP contribution in [0, 0.1) is 0 Å². The fourth-order valence-corrected chi connectivity index (χ4v) is 1.10. The SMILES string of the molecule is Cl.Cl.NC(N)=NC(=O)[C@@H]1CCCN1. The van der Waals surface area contributed by atoms with Crippen LogP contribution < -0.4 is 16.8 Å². The number of rotatable bonds is 1. The van der Waals surface area contributed by atoms with Gasteiger partial charge >= 0.3 is 0 Å². The Kier molecular flexibility index (Phi) is 7.99. The summed E-state index contributed by atoms with van der Waals surface area (Å²) in [5, 5.41) is 2.99. The van der Waals surface area contributed by atoms with Crippen LogP contribution in [-0.2, 0) is 4.79 Å². The van der Waals surface area contributed by atoms with Crippen molar-refractivity contribution >= 4 is 36.7 Å². The number of aliphatic imine (C=N–C) groups is 1. The molecule has 1 saturated heterocycles. The lowest BCUT2D eigenvalue weighted by Crippen LogP contribution is -2.33. The molecule has 1 amide bonds. The molecule has 1 atom stereocenters. The van der Waals surface area contributed by atoms with Gasteiger partial charge in [0, 0.05) is 0 Å². The lowest BCUT2D eigenvalue weighted by atomic mass is 10.2. The molecule has 0 aromatic heterocycles. The largest absolute Gasteiger partial charge is 0.370 e. The van der Waals surface area contributed by atoms with Gasteiger partial charge in [-0.3, -0.25) is 4.79 Å². The first-order valence-corrected chi connectivity index (χ1v) is 3.57. The molecule has 0 aromatic carbocycles. The van der Waals surface area contributed by atoms with Gasteiger partial charge in [0.05, 0.1) is 6.04 Å². The van der Waals surface area contributed by atoms with Gasteiger partial charge in [0.25, 0.3) is 5.91 Å². The molecule has 0 spiro atoms. The summed E-state index contributed by atoms with van der Waals surface area (Å²) in [6, 6.07) is -0.169. The predicted molar refractivity (Wildman–Crippen MR) is 56.3 cm³/mol. The highest BCUT2D eigenvalue weighted by molar-refractivity contribution is 5.94. The van der Waals surface area contributed by atoms with Crippen LogP contribution in [0.4, 0.5) is 0 Å². The normalized spacial score (nSPS) is 19.5. The molecule has 1 fully saturated rings. The molecule has 0 radical (unpaired) electrons. The minimum absolute atomic E-state index is 0. The molecule has 7 heteroatoms. The average Bonchev–Trinajstić information content (AvgIpc) is 2.35. The predicted octanol–water partition coefficient (Wildman–Crippen LogP) is -0.618. The first-order chi connectivity index (χ1) is 5.20. The maximum Gasteiger partial charge on any atom is 0.265 e. The van der Waals surface area contributed by atoms with E-state index in [2.05, 4.69) is 10.3 Å². The summed E-state index contributed by atoms with van der Waals surface area (Å²) in [5.41, 5.74) is 10.1. The van der Waals surface area contributed by atoms with E-state index in [1.54, 1.807) is 0 Å². The van der Waals surface area contributed by atoms with Gasteiger partial charge in [-0.2, -0.15) is 4.99 Å². The Balaban J connectivity index is 0. The summed E-state index contributed by atoms with van der Waals surface area (Å²) in [4.78, 5) is 14.5. The fraction of sp³-hybridized carbons (Fsp3) is 0.667. The molecule has 5 nitrogen and oxygen atoms in total. The first-order valence-electron chi connectivity index (χ1n) is 3.57. The Morgan fingerprint density at radius 3 is 2.38 bits per heavy atom. The van der Waals surface area contributed by atoms with Crippen LogP contribution in [-0.4, -0.2) is 24.5 Å². The van der Waals surface area contributed by atoms with E-state index in [-0.39, 0.29) is 42.7 Å². The van der Waals surface area contributed by atoms with Crippen LogP contribution in [0.2, 0.25) is 0 Å². The number of amides is 1.